The van der Waals surface area contributed by atoms with E-state index < -0.39 is 0 Å². The van der Waals surface area contributed by atoms with Gasteiger partial charge in [0.05, 0.1) is 5.71 Å². The van der Waals surface area contributed by atoms with Crippen LogP contribution in [0.5, 0.6) is 0 Å². The number of hydrogen-bond acceptors (Lipinski definition) is 5. The van der Waals surface area contributed by atoms with Gasteiger partial charge in [-0.1, -0.05) is 36.7 Å². The van der Waals surface area contributed by atoms with Crippen molar-refractivity contribution in [3.8, 4) is 0 Å². The fourth-order valence-electron chi connectivity index (χ4n) is 7.27. The quantitative estimate of drug-likeness (QED) is 0.205. The molecule has 4 aliphatic rings. The summed E-state index contributed by atoms with van der Waals surface area (Å²) < 4.78 is 5.55. The lowest BCUT2D eigenvalue weighted by Gasteiger charge is -2.57. The molecule has 2 saturated carbocycles. The zero-order chi connectivity index (χ0) is 21.7. The highest BCUT2D eigenvalue weighted by molar-refractivity contribution is 5.99. The Bertz CT molecular complexity index is 840. The molecule has 0 bridgehead atoms. The zero-order valence-corrected chi connectivity index (χ0v) is 19.0. The van der Waals surface area contributed by atoms with Crippen molar-refractivity contribution >= 4 is 17.7 Å². The molecule has 4 aliphatic carbocycles. The molecule has 164 valence electrons. The van der Waals surface area contributed by atoms with E-state index in [-0.39, 0.29) is 28.9 Å². The van der Waals surface area contributed by atoms with Gasteiger partial charge in [0.1, 0.15) is 6.10 Å². The molecule has 0 aromatic carbocycles. The number of oxime groups is 1. The minimum Gasteiger partial charge on any atom is -0.462 e. The van der Waals surface area contributed by atoms with E-state index in [0.29, 0.717) is 17.8 Å². The largest absolute Gasteiger partial charge is 0.462 e. The Morgan fingerprint density at radius 2 is 1.70 bits per heavy atom. The summed E-state index contributed by atoms with van der Waals surface area (Å²) in [6.07, 6.45) is 12.4. The molecule has 0 unspecified atom stereocenters. The van der Waals surface area contributed by atoms with E-state index in [1.807, 2.05) is 6.92 Å². The van der Waals surface area contributed by atoms with Gasteiger partial charge >= 0.3 is 11.9 Å². The van der Waals surface area contributed by atoms with Crippen LogP contribution < -0.4 is 0 Å². The van der Waals surface area contributed by atoms with Crippen molar-refractivity contribution in [1.82, 2.24) is 0 Å². The van der Waals surface area contributed by atoms with Gasteiger partial charge in [0.25, 0.3) is 0 Å². The van der Waals surface area contributed by atoms with E-state index in [4.69, 9.17) is 9.57 Å². The Kier molecular flexibility index (Phi) is 5.44. The van der Waals surface area contributed by atoms with Crippen molar-refractivity contribution < 1.29 is 19.2 Å². The van der Waals surface area contributed by atoms with E-state index in [2.05, 4.69) is 31.2 Å². The van der Waals surface area contributed by atoms with E-state index in [0.717, 1.165) is 44.2 Å². The van der Waals surface area contributed by atoms with Crippen molar-refractivity contribution in [3.05, 3.63) is 23.3 Å². The summed E-state index contributed by atoms with van der Waals surface area (Å²) >= 11 is 0. The number of esters is 1. The molecule has 0 aromatic heterocycles. The van der Waals surface area contributed by atoms with E-state index in [9.17, 15) is 9.59 Å². The van der Waals surface area contributed by atoms with Crippen LogP contribution in [-0.2, 0) is 19.2 Å². The lowest BCUT2D eigenvalue weighted by Crippen LogP contribution is -2.50. The van der Waals surface area contributed by atoms with Crippen LogP contribution in [0.3, 0.4) is 0 Å². The van der Waals surface area contributed by atoms with Gasteiger partial charge < -0.3 is 9.57 Å². The SMILES string of the molecule is CC(=O)O/N=C(/C)C1=CC[C@@H]2[C@@H]3CC=C4C[C@@H](OC(C)=O)CC[C@]4(C)[C@H]3CC[C@]12C. The number of ether oxygens (including phenoxy) is 1. The monoisotopic (exact) mass is 413 g/mol. The molecule has 0 aromatic rings. The first kappa shape index (κ1) is 21.3. The molecule has 5 heteroatoms. The molecule has 2 fully saturated rings. The number of hydrogen-bond donors (Lipinski definition) is 0. The smallest absolute Gasteiger partial charge is 0.331 e. The summed E-state index contributed by atoms with van der Waals surface area (Å²) in [5, 5.41) is 4.10. The minimum absolute atomic E-state index is 0.0483. The standard InChI is InChI=1S/C25H35NO4/c1-15(26-30-17(3)28)21-8-9-22-20-7-6-18-14-19(29-16(2)27)10-12-24(18,4)23(20)11-13-25(21,22)5/h6,8,19-20,22-23H,7,9-14H2,1-5H3/b26-15-/t19-,20-,22+,23-,24-,25+/m0/s1. The molecule has 0 amide bonds. The second-order valence-electron chi connectivity index (χ2n) is 10.3. The van der Waals surface area contributed by atoms with Crippen LogP contribution in [0.4, 0.5) is 0 Å². The van der Waals surface area contributed by atoms with Gasteiger partial charge in [-0.2, -0.15) is 0 Å². The minimum atomic E-state index is -0.374. The van der Waals surface area contributed by atoms with Crippen molar-refractivity contribution in [2.75, 3.05) is 0 Å². The van der Waals surface area contributed by atoms with Crippen LogP contribution >= 0.6 is 0 Å². The van der Waals surface area contributed by atoms with Crippen LogP contribution in [0.25, 0.3) is 0 Å². The van der Waals surface area contributed by atoms with Gasteiger partial charge in [0.15, 0.2) is 0 Å². The van der Waals surface area contributed by atoms with Gasteiger partial charge in [0, 0.05) is 20.3 Å². The molecule has 6 atom stereocenters. The average Bonchev–Trinajstić information content (AvgIpc) is 3.03. The fraction of sp³-hybridized carbons (Fsp3) is 0.720. The van der Waals surface area contributed by atoms with Crippen LogP contribution in [0, 0.1) is 28.6 Å². The maximum atomic E-state index is 11.4. The molecule has 30 heavy (non-hydrogen) atoms. The molecule has 0 radical (unpaired) electrons. The Morgan fingerprint density at radius 1 is 0.967 bits per heavy atom. The number of allylic oxidation sites excluding steroid dienone is 3. The lowest BCUT2D eigenvalue weighted by molar-refractivity contribution is -0.148. The average molecular weight is 414 g/mol. The third-order valence-corrected chi connectivity index (χ3v) is 8.67. The molecule has 4 rings (SSSR count). The summed E-state index contributed by atoms with van der Waals surface area (Å²) in [4.78, 5) is 27.5. The summed E-state index contributed by atoms with van der Waals surface area (Å²) in [6, 6.07) is 0. The Balaban J connectivity index is 1.55. The van der Waals surface area contributed by atoms with Crippen molar-refractivity contribution in [1.29, 1.82) is 0 Å². The van der Waals surface area contributed by atoms with Crippen LogP contribution in [0.1, 0.15) is 79.6 Å². The molecule has 0 heterocycles. The Labute approximate surface area is 179 Å². The van der Waals surface area contributed by atoms with Gasteiger partial charge in [-0.25, -0.2) is 4.79 Å². The van der Waals surface area contributed by atoms with Crippen molar-refractivity contribution in [3.63, 3.8) is 0 Å². The molecule has 0 aliphatic heterocycles. The summed E-state index contributed by atoms with van der Waals surface area (Å²) in [6.45, 7) is 9.71. The summed E-state index contributed by atoms with van der Waals surface area (Å²) in [5.41, 5.74) is 3.96. The molecular formula is C25H35NO4. The predicted octanol–water partition coefficient (Wildman–Crippen LogP) is 5.36. The third kappa shape index (κ3) is 3.44. The van der Waals surface area contributed by atoms with Crippen molar-refractivity contribution in [2.45, 2.75) is 85.7 Å². The third-order valence-electron chi connectivity index (χ3n) is 8.67. The molecular weight excluding hydrogens is 378 g/mol. The maximum absolute atomic E-state index is 11.4. The first-order valence-corrected chi connectivity index (χ1v) is 11.4. The zero-order valence-electron chi connectivity index (χ0n) is 19.0. The highest BCUT2D eigenvalue weighted by atomic mass is 16.7. The van der Waals surface area contributed by atoms with E-state index in [1.165, 1.54) is 31.4 Å². The number of carbonyl (C=O) groups excluding carboxylic acids is 2. The topological polar surface area (TPSA) is 65.0 Å². The number of rotatable bonds is 3. The lowest BCUT2D eigenvalue weighted by atomic mass is 9.47. The molecule has 0 spiro atoms. The second-order valence-corrected chi connectivity index (χ2v) is 10.3. The van der Waals surface area contributed by atoms with Crippen LogP contribution in [-0.4, -0.2) is 23.8 Å². The van der Waals surface area contributed by atoms with Gasteiger partial charge in [-0.15, -0.1) is 0 Å². The molecule has 5 nitrogen and oxygen atoms in total. The first-order chi connectivity index (χ1) is 14.1. The van der Waals surface area contributed by atoms with Gasteiger partial charge in [-0.3, -0.25) is 4.79 Å². The first-order valence-electron chi connectivity index (χ1n) is 11.4. The Morgan fingerprint density at radius 3 is 2.40 bits per heavy atom. The second kappa shape index (κ2) is 7.65. The van der Waals surface area contributed by atoms with E-state index >= 15 is 0 Å². The van der Waals surface area contributed by atoms with Crippen molar-refractivity contribution in [2.24, 2.45) is 33.7 Å². The van der Waals surface area contributed by atoms with E-state index in [1.54, 1.807) is 0 Å². The van der Waals surface area contributed by atoms with Gasteiger partial charge in [-0.05, 0) is 79.6 Å². The Hall–Kier alpha value is -1.91. The number of nitrogens with zero attached hydrogens (tertiary/aromatic N) is 1. The predicted molar refractivity (Wildman–Crippen MR) is 116 cm³/mol. The number of carbonyl (C=O) groups is 2. The van der Waals surface area contributed by atoms with Crippen LogP contribution in [0.15, 0.2) is 28.5 Å². The highest BCUT2D eigenvalue weighted by Gasteiger charge is 2.57. The highest BCUT2D eigenvalue weighted by Crippen LogP contribution is 2.65. The fourth-order valence-corrected chi connectivity index (χ4v) is 7.27. The summed E-state index contributed by atoms with van der Waals surface area (Å²) in [5.74, 6) is 1.42. The van der Waals surface area contributed by atoms with Gasteiger partial charge in [0.2, 0.25) is 0 Å². The normalized spacial score (nSPS) is 40.4. The number of fused-ring (bicyclic) bond motifs is 5. The van der Waals surface area contributed by atoms with Crippen LogP contribution in [0.2, 0.25) is 0 Å². The molecule has 0 saturated heterocycles. The maximum Gasteiger partial charge on any atom is 0.331 e. The molecule has 0 N–H and O–H groups in total. The summed E-state index contributed by atoms with van der Waals surface area (Å²) in [7, 11) is 0.